The molecule has 0 heterocycles. The van der Waals surface area contributed by atoms with Crippen LogP contribution in [0.5, 0.6) is 5.75 Å². The zero-order valence-electron chi connectivity index (χ0n) is 16.2. The van der Waals surface area contributed by atoms with E-state index in [1.54, 1.807) is 32.1 Å². The number of carbonyl (C=O) groups excluding carboxylic acids is 2. The number of nitrogens with one attached hydrogen (secondary N) is 1. The van der Waals surface area contributed by atoms with E-state index in [0.29, 0.717) is 6.54 Å². The highest BCUT2D eigenvalue weighted by atomic mass is 16.5. The third-order valence-electron chi connectivity index (χ3n) is 4.32. The largest absolute Gasteiger partial charge is 0.497 e. The summed E-state index contributed by atoms with van der Waals surface area (Å²) in [4.78, 5) is 26.2. The molecule has 142 valence electrons. The number of amides is 2. The van der Waals surface area contributed by atoms with Crippen molar-refractivity contribution < 1.29 is 14.3 Å². The van der Waals surface area contributed by atoms with Crippen LogP contribution in [-0.4, -0.2) is 36.9 Å². The van der Waals surface area contributed by atoms with Gasteiger partial charge in [0.1, 0.15) is 11.8 Å². The van der Waals surface area contributed by atoms with Crippen LogP contribution >= 0.6 is 0 Å². The van der Waals surface area contributed by atoms with E-state index in [1.165, 1.54) is 6.08 Å². The molecule has 27 heavy (non-hydrogen) atoms. The standard InChI is InChI=1S/C22H26N2O3/c1-16-7-5-6-8-19(16)15-24(3)22(26)17(2)23-21(25)14-11-18-9-12-20(27-4)13-10-18/h5-14,17H,15H2,1-4H3,(H,23,25)/b14-11+/t17-/m1/s1. The zero-order chi connectivity index (χ0) is 19.8. The molecule has 0 aromatic heterocycles. The van der Waals surface area contributed by atoms with Crippen molar-refractivity contribution in [2.75, 3.05) is 14.2 Å². The first-order valence-electron chi connectivity index (χ1n) is 8.83. The van der Waals surface area contributed by atoms with Crippen LogP contribution in [0.1, 0.15) is 23.6 Å². The molecule has 0 saturated carbocycles. The molecule has 1 N–H and O–H groups in total. The predicted octanol–water partition coefficient (Wildman–Crippen LogP) is 3.18. The van der Waals surface area contributed by atoms with Crippen LogP contribution in [0.2, 0.25) is 0 Å². The number of aryl methyl sites for hydroxylation is 1. The number of methoxy groups -OCH3 is 1. The summed E-state index contributed by atoms with van der Waals surface area (Å²) in [6, 6.07) is 14.7. The minimum Gasteiger partial charge on any atom is -0.497 e. The van der Waals surface area contributed by atoms with Crippen LogP contribution in [0.4, 0.5) is 0 Å². The molecular formula is C22H26N2O3. The molecule has 1 atom stereocenters. The SMILES string of the molecule is COc1ccc(/C=C/C(=O)N[C@H](C)C(=O)N(C)Cc2ccccc2C)cc1. The number of hydrogen-bond acceptors (Lipinski definition) is 3. The summed E-state index contributed by atoms with van der Waals surface area (Å²) in [5.74, 6) is 0.313. The number of likely N-dealkylation sites (N-methyl/N-ethyl adjacent to an activating group) is 1. The molecule has 0 aliphatic carbocycles. The number of hydrogen-bond donors (Lipinski definition) is 1. The molecule has 0 unspecified atom stereocenters. The van der Waals surface area contributed by atoms with Crippen molar-refractivity contribution in [1.82, 2.24) is 10.2 Å². The Labute approximate surface area is 160 Å². The summed E-state index contributed by atoms with van der Waals surface area (Å²) in [5.41, 5.74) is 3.10. The van der Waals surface area contributed by atoms with E-state index < -0.39 is 6.04 Å². The lowest BCUT2D eigenvalue weighted by atomic mass is 10.1. The first kappa shape index (κ1) is 20.2. The second kappa shape index (κ2) is 9.57. The molecule has 0 fully saturated rings. The molecule has 0 spiro atoms. The Morgan fingerprint density at radius 3 is 2.44 bits per heavy atom. The summed E-state index contributed by atoms with van der Waals surface area (Å²) >= 11 is 0. The van der Waals surface area contributed by atoms with Crippen LogP contribution < -0.4 is 10.1 Å². The molecular weight excluding hydrogens is 340 g/mol. The Morgan fingerprint density at radius 1 is 1.15 bits per heavy atom. The topological polar surface area (TPSA) is 58.6 Å². The second-order valence-corrected chi connectivity index (χ2v) is 6.46. The average Bonchev–Trinajstić information content (AvgIpc) is 2.67. The van der Waals surface area contributed by atoms with Crippen molar-refractivity contribution in [3.63, 3.8) is 0 Å². The van der Waals surface area contributed by atoms with Gasteiger partial charge in [0.05, 0.1) is 7.11 Å². The van der Waals surface area contributed by atoms with E-state index in [1.807, 2.05) is 55.5 Å². The maximum atomic E-state index is 12.5. The molecule has 2 aromatic carbocycles. The molecule has 0 bridgehead atoms. The highest BCUT2D eigenvalue weighted by Gasteiger charge is 2.19. The summed E-state index contributed by atoms with van der Waals surface area (Å²) in [6.07, 6.45) is 3.12. The summed E-state index contributed by atoms with van der Waals surface area (Å²) < 4.78 is 5.10. The van der Waals surface area contributed by atoms with E-state index in [0.717, 1.165) is 22.4 Å². The van der Waals surface area contributed by atoms with Crippen LogP contribution in [-0.2, 0) is 16.1 Å². The molecule has 0 saturated heterocycles. The van der Waals surface area contributed by atoms with E-state index in [9.17, 15) is 9.59 Å². The van der Waals surface area contributed by atoms with Crippen molar-refractivity contribution in [2.24, 2.45) is 0 Å². The predicted molar refractivity (Wildman–Crippen MR) is 107 cm³/mol. The van der Waals surface area contributed by atoms with Crippen LogP contribution in [0.25, 0.3) is 6.08 Å². The van der Waals surface area contributed by atoms with Gasteiger partial charge in [0, 0.05) is 19.7 Å². The Kier molecular flexibility index (Phi) is 7.17. The minimum atomic E-state index is -0.605. The highest BCUT2D eigenvalue weighted by molar-refractivity contribution is 5.95. The van der Waals surface area contributed by atoms with Gasteiger partial charge in [-0.05, 0) is 48.7 Å². The first-order chi connectivity index (χ1) is 12.9. The summed E-state index contributed by atoms with van der Waals surface area (Å²) in [6.45, 7) is 4.21. The quantitative estimate of drug-likeness (QED) is 0.766. The Balaban J connectivity index is 1.89. The lowest BCUT2D eigenvalue weighted by Crippen LogP contribution is -2.44. The van der Waals surface area contributed by atoms with Gasteiger partial charge in [-0.2, -0.15) is 0 Å². The van der Waals surface area contributed by atoms with Crippen molar-refractivity contribution in [1.29, 1.82) is 0 Å². The molecule has 0 aliphatic rings. The van der Waals surface area contributed by atoms with Gasteiger partial charge in [-0.3, -0.25) is 9.59 Å². The van der Waals surface area contributed by atoms with Crippen molar-refractivity contribution in [3.05, 3.63) is 71.3 Å². The third kappa shape index (κ3) is 5.99. The fourth-order valence-corrected chi connectivity index (χ4v) is 2.66. The number of carbonyl (C=O) groups is 2. The zero-order valence-corrected chi connectivity index (χ0v) is 16.2. The number of nitrogens with zero attached hydrogens (tertiary/aromatic N) is 1. The first-order valence-corrected chi connectivity index (χ1v) is 8.83. The van der Waals surface area contributed by atoms with E-state index >= 15 is 0 Å². The number of benzene rings is 2. The van der Waals surface area contributed by atoms with Gasteiger partial charge in [-0.1, -0.05) is 36.4 Å². The van der Waals surface area contributed by atoms with Crippen LogP contribution in [0.3, 0.4) is 0 Å². The Bertz CT molecular complexity index is 813. The number of ether oxygens (including phenoxy) is 1. The molecule has 2 rings (SSSR count). The van der Waals surface area contributed by atoms with E-state index in [4.69, 9.17) is 4.74 Å². The summed E-state index contributed by atoms with van der Waals surface area (Å²) in [7, 11) is 3.34. The Hall–Kier alpha value is -3.08. The lowest BCUT2D eigenvalue weighted by Gasteiger charge is -2.22. The molecule has 0 radical (unpaired) electrons. The van der Waals surface area contributed by atoms with Gasteiger partial charge in [0.2, 0.25) is 11.8 Å². The smallest absolute Gasteiger partial charge is 0.244 e. The highest BCUT2D eigenvalue weighted by Crippen LogP contribution is 2.12. The van der Waals surface area contributed by atoms with Gasteiger partial charge in [-0.25, -0.2) is 0 Å². The molecule has 5 heteroatoms. The number of rotatable bonds is 7. The molecule has 2 aromatic rings. The van der Waals surface area contributed by atoms with Gasteiger partial charge >= 0.3 is 0 Å². The molecule has 0 aliphatic heterocycles. The van der Waals surface area contributed by atoms with Gasteiger partial charge < -0.3 is 15.0 Å². The second-order valence-electron chi connectivity index (χ2n) is 6.46. The van der Waals surface area contributed by atoms with Crippen LogP contribution in [0.15, 0.2) is 54.6 Å². The molecule has 2 amide bonds. The maximum Gasteiger partial charge on any atom is 0.244 e. The average molecular weight is 366 g/mol. The molecule has 5 nitrogen and oxygen atoms in total. The maximum absolute atomic E-state index is 12.5. The van der Waals surface area contributed by atoms with Crippen molar-refractivity contribution in [2.45, 2.75) is 26.4 Å². The van der Waals surface area contributed by atoms with Crippen LogP contribution in [0, 0.1) is 6.92 Å². The van der Waals surface area contributed by atoms with Gasteiger partial charge in [-0.15, -0.1) is 0 Å². The van der Waals surface area contributed by atoms with Crippen molar-refractivity contribution in [3.8, 4) is 5.75 Å². The summed E-state index contributed by atoms with van der Waals surface area (Å²) in [5, 5.41) is 2.71. The van der Waals surface area contributed by atoms with Gasteiger partial charge in [0.25, 0.3) is 0 Å². The van der Waals surface area contributed by atoms with E-state index in [2.05, 4.69) is 5.32 Å². The van der Waals surface area contributed by atoms with Gasteiger partial charge in [0.15, 0.2) is 0 Å². The fourth-order valence-electron chi connectivity index (χ4n) is 2.66. The lowest BCUT2D eigenvalue weighted by molar-refractivity contribution is -0.134. The third-order valence-corrected chi connectivity index (χ3v) is 4.32. The normalized spacial score (nSPS) is 11.9. The minimum absolute atomic E-state index is 0.135. The monoisotopic (exact) mass is 366 g/mol. The van der Waals surface area contributed by atoms with E-state index in [-0.39, 0.29) is 11.8 Å². The fraction of sp³-hybridized carbons (Fsp3) is 0.273. The van der Waals surface area contributed by atoms with Crippen molar-refractivity contribution >= 4 is 17.9 Å². The Morgan fingerprint density at radius 2 is 1.81 bits per heavy atom.